The number of carbonyl (C=O) groups excluding carboxylic acids is 1. The van der Waals surface area contributed by atoms with Gasteiger partial charge in [0.15, 0.2) is 17.1 Å². The Balaban J connectivity index is 1.46. The van der Waals surface area contributed by atoms with Crippen LogP contribution in [-0.4, -0.2) is 80.3 Å². The molecule has 42 heavy (non-hydrogen) atoms. The number of nitrogens with zero attached hydrogens (tertiary/aromatic N) is 7. The summed E-state index contributed by atoms with van der Waals surface area (Å²) in [6, 6.07) is 3.78. The predicted molar refractivity (Wildman–Crippen MR) is 157 cm³/mol. The molecule has 0 radical (unpaired) electrons. The molecule has 0 saturated carbocycles. The molecule has 4 heterocycles. The Morgan fingerprint density at radius 1 is 1.07 bits per heavy atom. The third-order valence-electron chi connectivity index (χ3n) is 6.94. The van der Waals surface area contributed by atoms with Crippen LogP contribution < -0.4 is 19.5 Å². The zero-order chi connectivity index (χ0) is 30.2. The summed E-state index contributed by atoms with van der Waals surface area (Å²) in [4.78, 5) is 28.8. The number of nitrogens with one attached hydrogen (secondary N) is 1. The number of anilines is 2. The topological polar surface area (TPSA) is 131 Å². The Bertz CT molecular complexity index is 1560. The van der Waals surface area contributed by atoms with Gasteiger partial charge in [0.1, 0.15) is 29.4 Å². The molecule has 1 saturated heterocycles. The Kier molecular flexibility index (Phi) is 7.85. The van der Waals surface area contributed by atoms with Gasteiger partial charge in [-0.05, 0) is 41.0 Å². The third kappa shape index (κ3) is 5.76. The van der Waals surface area contributed by atoms with Gasteiger partial charge >= 0.3 is 6.09 Å². The van der Waals surface area contributed by atoms with Gasteiger partial charge in [0, 0.05) is 37.2 Å². The van der Waals surface area contributed by atoms with Gasteiger partial charge in [0.05, 0.1) is 44.8 Å². The maximum absolute atomic E-state index is 12.7. The normalized spacial score (nSPS) is 15.4. The molecule has 13 nitrogen and oxygen atoms in total. The molecule has 4 aromatic rings. The number of aromatic nitrogens is 6. The van der Waals surface area contributed by atoms with E-state index in [0.29, 0.717) is 47.8 Å². The van der Waals surface area contributed by atoms with Crippen LogP contribution in [0.4, 0.5) is 16.4 Å². The van der Waals surface area contributed by atoms with Gasteiger partial charge in [-0.25, -0.2) is 24.4 Å². The molecule has 1 unspecified atom stereocenters. The molecule has 1 aromatic carbocycles. The monoisotopic (exact) mass is 578 g/mol. The van der Waals surface area contributed by atoms with Crippen LogP contribution in [-0.2, 0) is 4.74 Å². The highest BCUT2D eigenvalue weighted by atomic mass is 16.6. The standard InChI is InChI=1S/C29H38N8O5/c1-17(2)37-27-20(13-31-37)26(33-25(34-27)18-9-10-35(14-18)28(38)42-29(3,4)5)32-23-15-36(16-30-23)19-11-21(39-6)24(41-8)22(12-19)40-7/h11-13,15-18H,9-10,14H2,1-8H3,(H,32,33,34). The fourth-order valence-corrected chi connectivity index (χ4v) is 4.93. The van der Waals surface area contributed by atoms with E-state index >= 15 is 0 Å². The Labute approximate surface area is 244 Å². The number of fused-ring (bicyclic) bond motifs is 1. The minimum atomic E-state index is -0.559. The first-order valence-electron chi connectivity index (χ1n) is 13.9. The second kappa shape index (κ2) is 11.4. The fourth-order valence-electron chi connectivity index (χ4n) is 4.93. The second-order valence-electron chi connectivity index (χ2n) is 11.4. The molecule has 13 heteroatoms. The van der Waals surface area contributed by atoms with E-state index in [-0.39, 0.29) is 18.1 Å². The molecule has 1 N–H and O–H groups in total. The van der Waals surface area contributed by atoms with Gasteiger partial charge in [-0.2, -0.15) is 5.10 Å². The van der Waals surface area contributed by atoms with Gasteiger partial charge in [-0.15, -0.1) is 0 Å². The second-order valence-corrected chi connectivity index (χ2v) is 11.4. The molecule has 0 aliphatic carbocycles. The van der Waals surface area contributed by atoms with Gasteiger partial charge < -0.3 is 33.7 Å². The summed E-state index contributed by atoms with van der Waals surface area (Å²) in [6.45, 7) is 10.8. The number of benzene rings is 1. The number of hydrogen-bond acceptors (Lipinski definition) is 10. The van der Waals surface area contributed by atoms with Gasteiger partial charge in [-0.1, -0.05) is 0 Å². The van der Waals surface area contributed by atoms with Crippen LogP contribution in [0.5, 0.6) is 17.2 Å². The van der Waals surface area contributed by atoms with Crippen LogP contribution in [0.1, 0.15) is 58.8 Å². The van der Waals surface area contributed by atoms with Crippen LogP contribution in [0.25, 0.3) is 16.7 Å². The molecular formula is C29H38N8O5. The van der Waals surface area contributed by atoms with Crippen molar-refractivity contribution in [1.29, 1.82) is 0 Å². The van der Waals surface area contributed by atoms with Crippen molar-refractivity contribution in [3.63, 3.8) is 0 Å². The third-order valence-corrected chi connectivity index (χ3v) is 6.94. The van der Waals surface area contributed by atoms with Crippen molar-refractivity contribution >= 4 is 28.8 Å². The Morgan fingerprint density at radius 3 is 2.40 bits per heavy atom. The van der Waals surface area contributed by atoms with Crippen molar-refractivity contribution in [1.82, 2.24) is 34.2 Å². The average Bonchev–Trinajstić information content (AvgIpc) is 3.71. The summed E-state index contributed by atoms with van der Waals surface area (Å²) in [7, 11) is 4.72. The smallest absolute Gasteiger partial charge is 0.410 e. The van der Waals surface area contributed by atoms with Gasteiger partial charge in [-0.3, -0.25) is 0 Å². The van der Waals surface area contributed by atoms with Crippen LogP contribution in [0.15, 0.2) is 30.9 Å². The number of ether oxygens (including phenoxy) is 4. The minimum Gasteiger partial charge on any atom is -0.493 e. The van der Waals surface area contributed by atoms with Crippen LogP contribution >= 0.6 is 0 Å². The number of amides is 1. The number of likely N-dealkylation sites (tertiary alicyclic amines) is 1. The maximum atomic E-state index is 12.7. The summed E-state index contributed by atoms with van der Waals surface area (Å²) in [5.74, 6) is 3.35. The number of hydrogen-bond donors (Lipinski definition) is 1. The number of rotatable bonds is 8. The Morgan fingerprint density at radius 2 is 1.79 bits per heavy atom. The van der Waals surface area contributed by atoms with Crippen molar-refractivity contribution < 1.29 is 23.7 Å². The molecule has 0 bridgehead atoms. The zero-order valence-corrected chi connectivity index (χ0v) is 25.3. The SMILES string of the molecule is COc1cc(-n2cnc(Nc3nc(C4CCN(C(=O)OC(C)(C)C)C4)nc4c3cnn4C(C)C)c2)cc(OC)c1OC. The molecule has 3 aromatic heterocycles. The molecule has 1 aliphatic rings. The molecular weight excluding hydrogens is 540 g/mol. The maximum Gasteiger partial charge on any atom is 0.410 e. The summed E-state index contributed by atoms with van der Waals surface area (Å²) < 4.78 is 25.8. The van der Waals surface area contributed by atoms with E-state index in [4.69, 9.17) is 28.9 Å². The van der Waals surface area contributed by atoms with E-state index in [1.807, 2.05) is 48.3 Å². The molecule has 1 atom stereocenters. The van der Waals surface area contributed by atoms with Crippen molar-refractivity contribution in [3.8, 4) is 22.9 Å². The molecule has 0 spiro atoms. The first-order chi connectivity index (χ1) is 20.0. The lowest BCUT2D eigenvalue weighted by molar-refractivity contribution is 0.0292. The van der Waals surface area contributed by atoms with Crippen LogP contribution in [0, 0.1) is 0 Å². The predicted octanol–water partition coefficient (Wildman–Crippen LogP) is 5.09. The lowest BCUT2D eigenvalue weighted by Crippen LogP contribution is -2.35. The lowest BCUT2D eigenvalue weighted by Gasteiger charge is -2.24. The highest BCUT2D eigenvalue weighted by molar-refractivity contribution is 5.88. The van der Waals surface area contributed by atoms with Crippen LogP contribution in [0.2, 0.25) is 0 Å². The lowest BCUT2D eigenvalue weighted by atomic mass is 10.1. The van der Waals surface area contributed by atoms with E-state index in [1.54, 1.807) is 38.8 Å². The first kappa shape index (κ1) is 29.0. The summed E-state index contributed by atoms with van der Waals surface area (Å²) in [5, 5.41) is 8.72. The molecule has 1 fully saturated rings. The molecule has 5 rings (SSSR count). The number of imidazole rings is 1. The molecule has 224 valence electrons. The molecule has 1 amide bonds. The van der Waals surface area contributed by atoms with E-state index in [0.717, 1.165) is 23.1 Å². The first-order valence-corrected chi connectivity index (χ1v) is 13.9. The quantitative estimate of drug-likeness (QED) is 0.302. The minimum absolute atomic E-state index is 0.0465. The summed E-state index contributed by atoms with van der Waals surface area (Å²) in [6.07, 6.45) is 5.71. The average molecular weight is 579 g/mol. The van der Waals surface area contributed by atoms with E-state index in [9.17, 15) is 4.79 Å². The van der Waals surface area contributed by atoms with E-state index < -0.39 is 5.60 Å². The fraction of sp³-hybridized carbons (Fsp3) is 0.483. The zero-order valence-electron chi connectivity index (χ0n) is 25.3. The van der Waals surface area contributed by atoms with Gasteiger partial charge in [0.25, 0.3) is 0 Å². The van der Waals surface area contributed by atoms with E-state index in [1.165, 1.54) is 0 Å². The number of methoxy groups -OCH3 is 3. The summed E-state index contributed by atoms with van der Waals surface area (Å²) in [5.41, 5.74) is 0.938. The highest BCUT2D eigenvalue weighted by Crippen LogP contribution is 2.39. The van der Waals surface area contributed by atoms with Crippen molar-refractivity contribution in [2.24, 2.45) is 0 Å². The number of carbonyl (C=O) groups is 1. The summed E-state index contributed by atoms with van der Waals surface area (Å²) >= 11 is 0. The van der Waals surface area contributed by atoms with Crippen molar-refractivity contribution in [3.05, 3.63) is 36.7 Å². The largest absolute Gasteiger partial charge is 0.493 e. The molecule has 1 aliphatic heterocycles. The van der Waals surface area contributed by atoms with Gasteiger partial charge in [0.2, 0.25) is 5.75 Å². The van der Waals surface area contributed by atoms with Crippen molar-refractivity contribution in [2.75, 3.05) is 39.7 Å². The van der Waals surface area contributed by atoms with E-state index in [2.05, 4.69) is 29.2 Å². The Hall–Kier alpha value is -4.55. The van der Waals surface area contributed by atoms with Crippen LogP contribution in [0.3, 0.4) is 0 Å². The highest BCUT2D eigenvalue weighted by Gasteiger charge is 2.33. The van der Waals surface area contributed by atoms with Crippen molar-refractivity contribution in [2.45, 2.75) is 58.6 Å².